The molecule has 2 aromatic rings. The van der Waals surface area contributed by atoms with Crippen molar-refractivity contribution in [3.8, 4) is 0 Å². The fraction of sp³-hybridized carbons (Fsp3) is 0.143. The molecule has 1 heterocycles. The molecule has 1 atom stereocenters. The highest BCUT2D eigenvalue weighted by atomic mass is 79.9. The van der Waals surface area contributed by atoms with Crippen LogP contribution >= 0.6 is 15.9 Å². The number of rotatable bonds is 4. The maximum atomic E-state index is 11.6. The molecule has 1 unspecified atom stereocenters. The second kappa shape index (κ2) is 5.84. The first-order valence-corrected chi connectivity index (χ1v) is 6.56. The SMILES string of the molecule is C=CC(=O)NC(c1ccc(Br)cc1)c1nccn1C. The monoisotopic (exact) mass is 319 g/mol. The number of aryl methyl sites for hydroxylation is 1. The fourth-order valence-corrected chi connectivity index (χ4v) is 2.07. The summed E-state index contributed by atoms with van der Waals surface area (Å²) in [6.45, 7) is 3.48. The first kappa shape index (κ1) is 13.5. The zero-order valence-corrected chi connectivity index (χ0v) is 12.1. The fourth-order valence-electron chi connectivity index (χ4n) is 1.81. The molecule has 98 valence electrons. The van der Waals surface area contributed by atoms with Crippen molar-refractivity contribution in [2.75, 3.05) is 0 Å². The molecular weight excluding hydrogens is 306 g/mol. The Morgan fingerprint density at radius 2 is 2.16 bits per heavy atom. The largest absolute Gasteiger partial charge is 0.339 e. The Hall–Kier alpha value is -1.88. The molecule has 0 aliphatic heterocycles. The van der Waals surface area contributed by atoms with Gasteiger partial charge in [-0.15, -0.1) is 0 Å². The van der Waals surface area contributed by atoms with Crippen LogP contribution in [0.4, 0.5) is 0 Å². The summed E-state index contributed by atoms with van der Waals surface area (Å²) < 4.78 is 2.88. The number of carbonyl (C=O) groups excluding carboxylic acids is 1. The number of nitrogens with zero attached hydrogens (tertiary/aromatic N) is 2. The molecule has 1 aromatic carbocycles. The lowest BCUT2D eigenvalue weighted by Gasteiger charge is -2.18. The van der Waals surface area contributed by atoms with E-state index in [9.17, 15) is 4.79 Å². The van der Waals surface area contributed by atoms with Gasteiger partial charge in [-0.1, -0.05) is 34.6 Å². The van der Waals surface area contributed by atoms with Crippen molar-refractivity contribution in [2.45, 2.75) is 6.04 Å². The van der Waals surface area contributed by atoms with Crippen molar-refractivity contribution in [1.82, 2.24) is 14.9 Å². The smallest absolute Gasteiger partial charge is 0.244 e. The molecule has 19 heavy (non-hydrogen) atoms. The molecule has 5 heteroatoms. The van der Waals surface area contributed by atoms with Gasteiger partial charge in [0.1, 0.15) is 11.9 Å². The molecule has 2 rings (SSSR count). The quantitative estimate of drug-likeness (QED) is 0.880. The van der Waals surface area contributed by atoms with Gasteiger partial charge in [0, 0.05) is 23.9 Å². The number of nitrogens with one attached hydrogen (secondary N) is 1. The zero-order valence-electron chi connectivity index (χ0n) is 10.5. The van der Waals surface area contributed by atoms with Gasteiger partial charge < -0.3 is 9.88 Å². The highest BCUT2D eigenvalue weighted by Crippen LogP contribution is 2.22. The minimum atomic E-state index is -0.293. The van der Waals surface area contributed by atoms with E-state index in [0.717, 1.165) is 15.9 Å². The van der Waals surface area contributed by atoms with Gasteiger partial charge in [0.15, 0.2) is 0 Å². The number of halogens is 1. The van der Waals surface area contributed by atoms with Gasteiger partial charge in [-0.2, -0.15) is 0 Å². The molecule has 1 N–H and O–H groups in total. The van der Waals surface area contributed by atoms with E-state index < -0.39 is 0 Å². The first-order chi connectivity index (χ1) is 9.11. The molecule has 0 aliphatic rings. The topological polar surface area (TPSA) is 46.9 Å². The lowest BCUT2D eigenvalue weighted by Crippen LogP contribution is -2.29. The summed E-state index contributed by atoms with van der Waals surface area (Å²) in [6, 6.07) is 7.48. The summed E-state index contributed by atoms with van der Waals surface area (Å²) in [4.78, 5) is 15.9. The number of imidazole rings is 1. The number of amides is 1. The van der Waals surface area contributed by atoms with Crippen molar-refractivity contribution in [3.05, 3.63) is 65.2 Å². The molecule has 0 radical (unpaired) electrons. The normalized spacial score (nSPS) is 11.9. The lowest BCUT2D eigenvalue weighted by atomic mass is 10.1. The van der Waals surface area contributed by atoms with E-state index in [1.54, 1.807) is 6.20 Å². The van der Waals surface area contributed by atoms with Crippen molar-refractivity contribution in [2.24, 2.45) is 7.05 Å². The highest BCUT2D eigenvalue weighted by molar-refractivity contribution is 9.10. The average Bonchev–Trinajstić information content (AvgIpc) is 2.83. The Labute approximate surface area is 120 Å². The minimum absolute atomic E-state index is 0.226. The maximum Gasteiger partial charge on any atom is 0.244 e. The van der Waals surface area contributed by atoms with Crippen molar-refractivity contribution in [3.63, 3.8) is 0 Å². The Balaban J connectivity index is 2.39. The standard InChI is InChI=1S/C14H14BrN3O/c1-3-12(19)17-13(14-16-8-9-18(14)2)10-4-6-11(15)7-5-10/h3-9,13H,1H2,2H3,(H,17,19). The molecule has 0 aliphatic carbocycles. The number of carbonyl (C=O) groups is 1. The van der Waals surface area contributed by atoms with E-state index in [0.29, 0.717) is 0 Å². The van der Waals surface area contributed by atoms with E-state index in [4.69, 9.17) is 0 Å². The van der Waals surface area contributed by atoms with E-state index in [-0.39, 0.29) is 11.9 Å². The Bertz CT molecular complexity index is 589. The van der Waals surface area contributed by atoms with Crippen LogP contribution in [-0.4, -0.2) is 15.5 Å². The molecule has 4 nitrogen and oxygen atoms in total. The number of hydrogen-bond donors (Lipinski definition) is 1. The Morgan fingerprint density at radius 1 is 1.47 bits per heavy atom. The Kier molecular flexibility index (Phi) is 4.16. The first-order valence-electron chi connectivity index (χ1n) is 5.77. The summed E-state index contributed by atoms with van der Waals surface area (Å²) >= 11 is 3.40. The van der Waals surface area contributed by atoms with Crippen LogP contribution in [0, 0.1) is 0 Å². The van der Waals surface area contributed by atoms with Gasteiger partial charge in [0.2, 0.25) is 5.91 Å². The second-order valence-electron chi connectivity index (χ2n) is 4.09. The van der Waals surface area contributed by atoms with Gasteiger partial charge in [0.05, 0.1) is 0 Å². The van der Waals surface area contributed by atoms with Crippen LogP contribution in [0.5, 0.6) is 0 Å². The highest BCUT2D eigenvalue weighted by Gasteiger charge is 2.19. The van der Waals surface area contributed by atoms with Crippen molar-refractivity contribution >= 4 is 21.8 Å². The zero-order chi connectivity index (χ0) is 13.8. The van der Waals surface area contributed by atoms with Gasteiger partial charge in [-0.05, 0) is 23.8 Å². The van der Waals surface area contributed by atoms with Crippen LogP contribution in [-0.2, 0) is 11.8 Å². The molecule has 1 amide bonds. The summed E-state index contributed by atoms with van der Waals surface area (Å²) in [5, 5.41) is 2.89. The molecule has 0 bridgehead atoms. The minimum Gasteiger partial charge on any atom is -0.339 e. The van der Waals surface area contributed by atoms with Gasteiger partial charge in [-0.3, -0.25) is 4.79 Å². The second-order valence-corrected chi connectivity index (χ2v) is 5.01. The van der Waals surface area contributed by atoms with Crippen LogP contribution in [0.1, 0.15) is 17.4 Å². The molecule has 1 aromatic heterocycles. The maximum absolute atomic E-state index is 11.6. The summed E-state index contributed by atoms with van der Waals surface area (Å²) in [5.74, 6) is 0.549. The summed E-state index contributed by atoms with van der Waals surface area (Å²) in [5.41, 5.74) is 0.965. The predicted octanol–water partition coefficient (Wildman–Crippen LogP) is 2.57. The van der Waals surface area contributed by atoms with Gasteiger partial charge >= 0.3 is 0 Å². The third-order valence-corrected chi connectivity index (χ3v) is 3.32. The van der Waals surface area contributed by atoms with Crippen LogP contribution in [0.3, 0.4) is 0 Å². The molecule has 0 spiro atoms. The van der Waals surface area contributed by atoms with Gasteiger partial charge in [-0.25, -0.2) is 4.98 Å². The van der Waals surface area contributed by atoms with Crippen LogP contribution in [0.15, 0.2) is 53.8 Å². The lowest BCUT2D eigenvalue weighted by molar-refractivity contribution is -0.117. The third kappa shape index (κ3) is 3.12. The number of aromatic nitrogens is 2. The van der Waals surface area contributed by atoms with Crippen molar-refractivity contribution < 1.29 is 4.79 Å². The van der Waals surface area contributed by atoms with E-state index in [1.165, 1.54) is 6.08 Å². The van der Waals surface area contributed by atoms with Crippen LogP contribution < -0.4 is 5.32 Å². The van der Waals surface area contributed by atoms with Crippen LogP contribution in [0.2, 0.25) is 0 Å². The molecule has 0 fully saturated rings. The Morgan fingerprint density at radius 3 is 2.68 bits per heavy atom. The van der Waals surface area contributed by atoms with E-state index >= 15 is 0 Å². The molecule has 0 saturated heterocycles. The summed E-state index contributed by atoms with van der Waals surface area (Å²) in [7, 11) is 1.90. The number of benzene rings is 1. The van der Waals surface area contributed by atoms with E-state index in [1.807, 2.05) is 42.1 Å². The predicted molar refractivity (Wildman–Crippen MR) is 77.5 cm³/mol. The number of hydrogen-bond acceptors (Lipinski definition) is 2. The summed E-state index contributed by atoms with van der Waals surface area (Å²) in [6.07, 6.45) is 4.82. The third-order valence-electron chi connectivity index (χ3n) is 2.79. The van der Waals surface area contributed by atoms with Gasteiger partial charge in [0.25, 0.3) is 0 Å². The average molecular weight is 320 g/mol. The van der Waals surface area contributed by atoms with Crippen molar-refractivity contribution in [1.29, 1.82) is 0 Å². The van der Waals surface area contributed by atoms with E-state index in [2.05, 4.69) is 32.8 Å². The molecule has 0 saturated carbocycles. The van der Waals surface area contributed by atoms with Crippen LogP contribution in [0.25, 0.3) is 0 Å². The molecular formula is C14H14BrN3O.